The molecule has 0 bridgehead atoms. The molecule has 0 saturated carbocycles. The van der Waals surface area contributed by atoms with Gasteiger partial charge in [-0.3, -0.25) is 0 Å². The number of carboxylic acids is 1. The molecule has 1 aliphatic heterocycles. The minimum Gasteiger partial charge on any atom is -0.496 e. The van der Waals surface area contributed by atoms with Crippen LogP contribution in [0.4, 0.5) is 10.5 Å². The second kappa shape index (κ2) is 12.1. The van der Waals surface area contributed by atoms with Gasteiger partial charge in [-0.25, -0.2) is 18.0 Å². The van der Waals surface area contributed by atoms with E-state index in [9.17, 15) is 23.1 Å². The van der Waals surface area contributed by atoms with Gasteiger partial charge in [0.25, 0.3) is 0 Å². The highest BCUT2D eigenvalue weighted by molar-refractivity contribution is 7.89. The molecule has 200 valence electrons. The van der Waals surface area contributed by atoms with Crippen molar-refractivity contribution in [3.8, 4) is 16.9 Å². The Morgan fingerprint density at radius 3 is 2.29 bits per heavy atom. The van der Waals surface area contributed by atoms with Gasteiger partial charge < -0.3 is 20.5 Å². The first-order chi connectivity index (χ1) is 18.3. The Bertz CT molecular complexity index is 1390. The van der Waals surface area contributed by atoms with Crippen molar-refractivity contribution in [2.45, 2.75) is 36.6 Å². The molecular formula is C28H31N3O6S. The number of carboxylic acid groups (broad SMARTS) is 1. The minimum absolute atomic E-state index is 0.0177. The van der Waals surface area contributed by atoms with Gasteiger partial charge in [0.15, 0.2) is 0 Å². The summed E-state index contributed by atoms with van der Waals surface area (Å²) in [6.07, 6.45) is 2.60. The van der Waals surface area contributed by atoms with Crippen molar-refractivity contribution < 1.29 is 27.9 Å². The lowest BCUT2D eigenvalue weighted by Gasteiger charge is -2.27. The molecule has 38 heavy (non-hydrogen) atoms. The van der Waals surface area contributed by atoms with Crippen LogP contribution in [0.15, 0.2) is 77.7 Å². The van der Waals surface area contributed by atoms with E-state index < -0.39 is 28.1 Å². The average Bonchev–Trinajstić information content (AvgIpc) is 2.93. The zero-order valence-corrected chi connectivity index (χ0v) is 21.9. The van der Waals surface area contributed by atoms with Gasteiger partial charge in [-0.15, -0.1) is 0 Å². The van der Waals surface area contributed by atoms with Crippen LogP contribution in [0, 0.1) is 0 Å². The number of sulfonamides is 1. The van der Waals surface area contributed by atoms with Crippen LogP contribution >= 0.6 is 0 Å². The number of benzene rings is 3. The van der Waals surface area contributed by atoms with E-state index in [0.717, 1.165) is 36.1 Å². The van der Waals surface area contributed by atoms with Crippen LogP contribution in [0.5, 0.6) is 5.75 Å². The number of urea groups is 1. The summed E-state index contributed by atoms with van der Waals surface area (Å²) in [5, 5.41) is 14.7. The average molecular weight is 538 g/mol. The molecular weight excluding hydrogens is 506 g/mol. The number of carbonyl (C=O) groups is 2. The number of piperidine rings is 1. The van der Waals surface area contributed by atoms with Crippen molar-refractivity contribution in [1.82, 2.24) is 9.62 Å². The molecule has 0 spiro atoms. The highest BCUT2D eigenvalue weighted by atomic mass is 32.2. The number of anilines is 1. The maximum absolute atomic E-state index is 13.2. The SMILES string of the molecule is COc1ccccc1-c1ccc(CC(NC(=O)Nc2ccccc2S(=O)(=O)N2CCCCC2)C(=O)O)cc1. The van der Waals surface area contributed by atoms with E-state index in [0.29, 0.717) is 18.7 Å². The zero-order valence-electron chi connectivity index (χ0n) is 21.1. The molecule has 1 fully saturated rings. The second-order valence-electron chi connectivity index (χ2n) is 9.05. The number of hydrogen-bond acceptors (Lipinski definition) is 5. The highest BCUT2D eigenvalue weighted by Gasteiger charge is 2.29. The second-order valence-corrected chi connectivity index (χ2v) is 11.0. The van der Waals surface area contributed by atoms with Gasteiger partial charge in [0, 0.05) is 25.1 Å². The first-order valence-corrected chi connectivity index (χ1v) is 13.9. The molecule has 3 aromatic carbocycles. The fraction of sp³-hybridized carbons (Fsp3) is 0.286. The molecule has 3 N–H and O–H groups in total. The maximum atomic E-state index is 13.2. The summed E-state index contributed by atoms with van der Waals surface area (Å²) >= 11 is 0. The number of rotatable bonds is 9. The van der Waals surface area contributed by atoms with Crippen LogP contribution in [0.3, 0.4) is 0 Å². The fourth-order valence-electron chi connectivity index (χ4n) is 4.50. The Morgan fingerprint density at radius 2 is 1.61 bits per heavy atom. The lowest BCUT2D eigenvalue weighted by atomic mass is 10.00. The van der Waals surface area contributed by atoms with Crippen LogP contribution in [-0.2, 0) is 21.2 Å². The fourth-order valence-corrected chi connectivity index (χ4v) is 6.16. The summed E-state index contributed by atoms with van der Waals surface area (Å²) < 4.78 is 33.2. The molecule has 10 heteroatoms. The van der Waals surface area contributed by atoms with Crippen LogP contribution in [-0.4, -0.2) is 56.1 Å². The number of nitrogens with zero attached hydrogens (tertiary/aromatic N) is 1. The van der Waals surface area contributed by atoms with Gasteiger partial charge in [-0.05, 0) is 42.2 Å². The van der Waals surface area contributed by atoms with E-state index in [1.165, 1.54) is 16.4 Å². The summed E-state index contributed by atoms with van der Waals surface area (Å²) in [5.74, 6) is -0.479. The number of carbonyl (C=O) groups excluding carboxylic acids is 1. The number of ether oxygens (including phenoxy) is 1. The van der Waals surface area contributed by atoms with E-state index in [-0.39, 0.29) is 17.0 Å². The first kappa shape index (κ1) is 27.2. The number of para-hydroxylation sites is 2. The smallest absolute Gasteiger partial charge is 0.326 e. The van der Waals surface area contributed by atoms with Crippen LogP contribution < -0.4 is 15.4 Å². The summed E-state index contributed by atoms with van der Waals surface area (Å²) in [6, 6.07) is 19.0. The van der Waals surface area contributed by atoms with Gasteiger partial charge >= 0.3 is 12.0 Å². The van der Waals surface area contributed by atoms with Gasteiger partial charge in [0.05, 0.1) is 12.8 Å². The summed E-state index contributed by atoms with van der Waals surface area (Å²) in [6.45, 7) is 0.861. The third kappa shape index (κ3) is 6.32. The summed E-state index contributed by atoms with van der Waals surface area (Å²) in [4.78, 5) is 24.7. The van der Waals surface area contributed by atoms with Crippen LogP contribution in [0.1, 0.15) is 24.8 Å². The van der Waals surface area contributed by atoms with Crippen molar-refractivity contribution in [3.63, 3.8) is 0 Å². The van der Waals surface area contributed by atoms with E-state index in [1.807, 2.05) is 36.4 Å². The van der Waals surface area contributed by atoms with Crippen LogP contribution in [0.2, 0.25) is 0 Å². The number of hydrogen-bond donors (Lipinski definition) is 3. The molecule has 2 amide bonds. The molecule has 1 saturated heterocycles. The predicted molar refractivity (Wildman–Crippen MR) is 145 cm³/mol. The predicted octanol–water partition coefficient (Wildman–Crippen LogP) is 4.35. The molecule has 3 aromatic rings. The molecule has 0 aromatic heterocycles. The molecule has 0 aliphatic carbocycles. The quantitative estimate of drug-likeness (QED) is 0.373. The zero-order chi connectivity index (χ0) is 27.1. The number of methoxy groups -OCH3 is 1. The lowest BCUT2D eigenvalue weighted by Crippen LogP contribution is -2.44. The Hall–Kier alpha value is -3.89. The van der Waals surface area contributed by atoms with Crippen molar-refractivity contribution in [2.75, 3.05) is 25.5 Å². The minimum atomic E-state index is -3.80. The lowest BCUT2D eigenvalue weighted by molar-refractivity contribution is -0.139. The Balaban J connectivity index is 1.45. The molecule has 1 atom stereocenters. The van der Waals surface area contributed by atoms with Crippen molar-refractivity contribution in [3.05, 3.63) is 78.4 Å². The highest BCUT2D eigenvalue weighted by Crippen LogP contribution is 2.30. The topological polar surface area (TPSA) is 125 Å². The van der Waals surface area contributed by atoms with Crippen molar-refractivity contribution in [1.29, 1.82) is 0 Å². The number of nitrogens with one attached hydrogen (secondary N) is 2. The largest absolute Gasteiger partial charge is 0.496 e. The molecule has 4 rings (SSSR count). The Kier molecular flexibility index (Phi) is 8.65. The normalized spacial score (nSPS) is 14.9. The van der Waals surface area contributed by atoms with Gasteiger partial charge in [-0.2, -0.15) is 4.31 Å². The van der Waals surface area contributed by atoms with E-state index in [4.69, 9.17) is 4.74 Å². The molecule has 1 aliphatic rings. The van der Waals surface area contributed by atoms with Gasteiger partial charge in [0.1, 0.15) is 16.7 Å². The number of aliphatic carboxylic acids is 1. The summed E-state index contributed by atoms with van der Waals surface area (Å²) in [5.41, 5.74) is 2.63. The third-order valence-electron chi connectivity index (χ3n) is 6.48. The van der Waals surface area contributed by atoms with Gasteiger partial charge in [-0.1, -0.05) is 61.0 Å². The van der Waals surface area contributed by atoms with Crippen molar-refractivity contribution >= 4 is 27.7 Å². The summed E-state index contributed by atoms with van der Waals surface area (Å²) in [7, 11) is -2.20. The Labute approximate surface area is 222 Å². The van der Waals surface area contributed by atoms with E-state index in [2.05, 4.69) is 10.6 Å². The molecule has 0 radical (unpaired) electrons. The molecule has 1 heterocycles. The number of amides is 2. The third-order valence-corrected chi connectivity index (χ3v) is 8.44. The van der Waals surface area contributed by atoms with E-state index in [1.54, 1.807) is 31.4 Å². The van der Waals surface area contributed by atoms with Crippen LogP contribution in [0.25, 0.3) is 11.1 Å². The Morgan fingerprint density at radius 1 is 0.947 bits per heavy atom. The van der Waals surface area contributed by atoms with E-state index >= 15 is 0 Å². The monoisotopic (exact) mass is 537 g/mol. The molecule has 9 nitrogen and oxygen atoms in total. The first-order valence-electron chi connectivity index (χ1n) is 12.4. The maximum Gasteiger partial charge on any atom is 0.326 e. The molecule has 1 unspecified atom stereocenters. The standard InChI is InChI=1S/C28H31N3O6S/c1-37-25-11-5-3-9-22(25)21-15-13-20(14-16-21)19-24(27(32)33)30-28(34)29-23-10-4-6-12-26(23)38(35,36)31-17-7-2-8-18-31/h3-6,9-16,24H,2,7-8,17-19H2,1H3,(H,32,33)(H2,29,30,34). The van der Waals surface area contributed by atoms with Crippen molar-refractivity contribution in [2.24, 2.45) is 0 Å². The van der Waals surface area contributed by atoms with Gasteiger partial charge in [0.2, 0.25) is 10.0 Å².